The van der Waals surface area contributed by atoms with Gasteiger partial charge in [-0.05, 0) is 30.7 Å². The molecule has 1 aromatic rings. The Morgan fingerprint density at radius 2 is 1.59 bits per heavy atom. The second kappa shape index (κ2) is 6.03. The Balaban J connectivity index is 2.62. The molecule has 0 heterocycles. The molecular weight excluding hydrogens is 216 g/mol. The van der Waals surface area contributed by atoms with Crippen molar-refractivity contribution < 1.29 is 9.59 Å². The molecule has 2 N–H and O–H groups in total. The lowest BCUT2D eigenvalue weighted by molar-refractivity contribution is -0.119. The fourth-order valence-corrected chi connectivity index (χ4v) is 1.29. The molecule has 0 spiro atoms. The van der Waals surface area contributed by atoms with Gasteiger partial charge in [-0.3, -0.25) is 9.59 Å². The number of carbonyl (C=O) groups is 2. The highest BCUT2D eigenvalue weighted by atomic mass is 16.2. The molecule has 0 fully saturated rings. The van der Waals surface area contributed by atoms with E-state index < -0.39 is 0 Å². The first-order valence-corrected chi connectivity index (χ1v) is 5.71. The van der Waals surface area contributed by atoms with Crippen LogP contribution in [0.15, 0.2) is 24.3 Å². The molecule has 0 aliphatic carbocycles. The fraction of sp³-hybridized carbons (Fsp3) is 0.385. The molecule has 17 heavy (non-hydrogen) atoms. The first-order chi connectivity index (χ1) is 8.02. The fourth-order valence-electron chi connectivity index (χ4n) is 1.29. The summed E-state index contributed by atoms with van der Waals surface area (Å²) < 4.78 is 0. The molecule has 4 nitrogen and oxygen atoms in total. The summed E-state index contributed by atoms with van der Waals surface area (Å²) in [6, 6.07) is 7.05. The van der Waals surface area contributed by atoms with Crippen molar-refractivity contribution in [2.75, 3.05) is 10.6 Å². The van der Waals surface area contributed by atoms with Gasteiger partial charge in [0.2, 0.25) is 11.8 Å². The van der Waals surface area contributed by atoms with Crippen molar-refractivity contribution in [1.29, 1.82) is 0 Å². The summed E-state index contributed by atoms with van der Waals surface area (Å²) in [4.78, 5) is 22.4. The molecule has 0 aromatic heterocycles. The summed E-state index contributed by atoms with van der Waals surface area (Å²) >= 11 is 0. The zero-order valence-electron chi connectivity index (χ0n) is 10.4. The summed E-state index contributed by atoms with van der Waals surface area (Å²) in [6.45, 7) is 5.32. The van der Waals surface area contributed by atoms with E-state index in [0.717, 1.165) is 17.8 Å². The van der Waals surface area contributed by atoms with Crippen LogP contribution in [-0.4, -0.2) is 11.8 Å². The molecule has 0 saturated heterocycles. The molecule has 92 valence electrons. The van der Waals surface area contributed by atoms with Crippen LogP contribution in [0.4, 0.5) is 11.4 Å². The van der Waals surface area contributed by atoms with Crippen molar-refractivity contribution in [3.63, 3.8) is 0 Å². The van der Waals surface area contributed by atoms with Gasteiger partial charge in [-0.2, -0.15) is 0 Å². The quantitative estimate of drug-likeness (QED) is 0.841. The van der Waals surface area contributed by atoms with Crippen LogP contribution >= 0.6 is 0 Å². The zero-order valence-corrected chi connectivity index (χ0v) is 10.4. The Kier molecular flexibility index (Phi) is 4.69. The van der Waals surface area contributed by atoms with Gasteiger partial charge in [-0.25, -0.2) is 0 Å². The van der Waals surface area contributed by atoms with Gasteiger partial charge in [-0.15, -0.1) is 0 Å². The minimum Gasteiger partial charge on any atom is -0.326 e. The van der Waals surface area contributed by atoms with E-state index >= 15 is 0 Å². The van der Waals surface area contributed by atoms with Crippen LogP contribution in [0.5, 0.6) is 0 Å². The maximum absolute atomic E-state index is 11.6. The van der Waals surface area contributed by atoms with Crippen molar-refractivity contribution in [2.24, 2.45) is 5.92 Å². The smallest absolute Gasteiger partial charge is 0.227 e. The lowest BCUT2D eigenvalue weighted by Gasteiger charge is -2.10. The molecule has 4 heteroatoms. The number of amides is 2. The zero-order chi connectivity index (χ0) is 12.8. The molecule has 1 atom stereocenters. The summed E-state index contributed by atoms with van der Waals surface area (Å²) in [6.07, 6.45) is 0.815. The van der Waals surface area contributed by atoms with Gasteiger partial charge in [0.15, 0.2) is 0 Å². The van der Waals surface area contributed by atoms with E-state index in [1.807, 2.05) is 13.8 Å². The Hall–Kier alpha value is -1.84. The Morgan fingerprint density at radius 3 is 2.00 bits per heavy atom. The summed E-state index contributed by atoms with van der Waals surface area (Å²) in [7, 11) is 0. The van der Waals surface area contributed by atoms with Gasteiger partial charge in [0.25, 0.3) is 0 Å². The lowest BCUT2D eigenvalue weighted by atomic mass is 10.1. The average molecular weight is 234 g/mol. The van der Waals surface area contributed by atoms with E-state index in [1.54, 1.807) is 24.3 Å². The number of anilines is 2. The number of hydrogen-bond donors (Lipinski definition) is 2. The molecule has 0 aliphatic heterocycles. The van der Waals surface area contributed by atoms with Crippen molar-refractivity contribution >= 4 is 23.2 Å². The predicted octanol–water partition coefficient (Wildman–Crippen LogP) is 2.63. The van der Waals surface area contributed by atoms with Gasteiger partial charge in [0, 0.05) is 24.2 Å². The van der Waals surface area contributed by atoms with E-state index in [-0.39, 0.29) is 17.7 Å². The lowest BCUT2D eigenvalue weighted by Crippen LogP contribution is -2.19. The van der Waals surface area contributed by atoms with E-state index in [1.165, 1.54) is 6.92 Å². The molecule has 2 amide bonds. The van der Waals surface area contributed by atoms with Crippen LogP contribution in [-0.2, 0) is 9.59 Å². The first kappa shape index (κ1) is 13.2. The summed E-state index contributed by atoms with van der Waals surface area (Å²) in [5.41, 5.74) is 1.46. The average Bonchev–Trinajstić information content (AvgIpc) is 2.30. The van der Waals surface area contributed by atoms with E-state index in [4.69, 9.17) is 0 Å². The van der Waals surface area contributed by atoms with Crippen LogP contribution in [0.3, 0.4) is 0 Å². The third-order valence-corrected chi connectivity index (χ3v) is 2.53. The normalized spacial score (nSPS) is 11.7. The van der Waals surface area contributed by atoms with Gasteiger partial charge in [0.05, 0.1) is 0 Å². The van der Waals surface area contributed by atoms with Crippen molar-refractivity contribution in [1.82, 2.24) is 0 Å². The standard InChI is InChI=1S/C13H18N2O2/c1-4-9(2)13(17)15-12-7-5-11(6-8-12)14-10(3)16/h5-9H,4H2,1-3H3,(H,14,16)(H,15,17)/t9-/m0/s1. The molecule has 0 unspecified atom stereocenters. The topological polar surface area (TPSA) is 58.2 Å². The predicted molar refractivity (Wildman–Crippen MR) is 68.8 cm³/mol. The highest BCUT2D eigenvalue weighted by Crippen LogP contribution is 2.14. The van der Waals surface area contributed by atoms with Crippen LogP contribution in [0.2, 0.25) is 0 Å². The largest absolute Gasteiger partial charge is 0.326 e. The number of nitrogens with one attached hydrogen (secondary N) is 2. The second-order valence-corrected chi connectivity index (χ2v) is 4.06. The highest BCUT2D eigenvalue weighted by molar-refractivity contribution is 5.93. The molecular formula is C13H18N2O2. The maximum atomic E-state index is 11.6. The molecule has 0 bridgehead atoms. The third-order valence-electron chi connectivity index (χ3n) is 2.53. The molecule has 0 aliphatic rings. The van der Waals surface area contributed by atoms with Gasteiger partial charge >= 0.3 is 0 Å². The minimum absolute atomic E-state index is 0.00465. The maximum Gasteiger partial charge on any atom is 0.227 e. The summed E-state index contributed by atoms with van der Waals surface area (Å²) in [5.74, 6) is -0.0915. The third kappa shape index (κ3) is 4.26. The van der Waals surface area contributed by atoms with Crippen molar-refractivity contribution in [2.45, 2.75) is 27.2 Å². The van der Waals surface area contributed by atoms with E-state index in [9.17, 15) is 9.59 Å². The van der Waals surface area contributed by atoms with Crippen LogP contribution in [0, 0.1) is 5.92 Å². The van der Waals surface area contributed by atoms with E-state index in [0.29, 0.717) is 0 Å². The van der Waals surface area contributed by atoms with E-state index in [2.05, 4.69) is 10.6 Å². The first-order valence-electron chi connectivity index (χ1n) is 5.71. The Bertz CT molecular complexity index is 398. The second-order valence-electron chi connectivity index (χ2n) is 4.06. The molecule has 0 saturated carbocycles. The van der Waals surface area contributed by atoms with Gasteiger partial charge < -0.3 is 10.6 Å². The Morgan fingerprint density at radius 1 is 1.12 bits per heavy atom. The van der Waals surface area contributed by atoms with Crippen molar-refractivity contribution in [3.8, 4) is 0 Å². The number of carbonyl (C=O) groups excluding carboxylic acids is 2. The Labute approximate surface area is 101 Å². The molecule has 1 rings (SSSR count). The van der Waals surface area contributed by atoms with Gasteiger partial charge in [0.1, 0.15) is 0 Å². The molecule has 1 aromatic carbocycles. The highest BCUT2D eigenvalue weighted by Gasteiger charge is 2.10. The summed E-state index contributed by atoms with van der Waals surface area (Å²) in [5, 5.41) is 5.49. The number of rotatable bonds is 4. The molecule has 0 radical (unpaired) electrons. The van der Waals surface area contributed by atoms with Gasteiger partial charge in [-0.1, -0.05) is 13.8 Å². The van der Waals surface area contributed by atoms with Crippen LogP contribution in [0.1, 0.15) is 27.2 Å². The van der Waals surface area contributed by atoms with Crippen LogP contribution in [0.25, 0.3) is 0 Å². The number of benzene rings is 1. The van der Waals surface area contributed by atoms with Crippen LogP contribution < -0.4 is 10.6 Å². The SMILES string of the molecule is CC[C@H](C)C(=O)Nc1ccc(NC(C)=O)cc1. The van der Waals surface area contributed by atoms with Crippen molar-refractivity contribution in [3.05, 3.63) is 24.3 Å². The number of hydrogen-bond acceptors (Lipinski definition) is 2. The minimum atomic E-state index is -0.110. The monoisotopic (exact) mass is 234 g/mol.